The monoisotopic (exact) mass is 541 g/mol. The van der Waals surface area contributed by atoms with Crippen LogP contribution in [0, 0.1) is 0 Å². The Balaban J connectivity index is 0.00000341. The number of phenolic OH excluding ortho intramolecular Hbond substituents is 1. The van der Waals surface area contributed by atoms with Crippen molar-refractivity contribution in [2.75, 3.05) is 44.2 Å². The molecule has 0 unspecified atom stereocenters. The quantitative estimate of drug-likeness (QED) is 0.216. The highest BCUT2D eigenvalue weighted by Gasteiger charge is 2.27. The number of aromatic hydroxyl groups is 1. The Labute approximate surface area is 198 Å². The highest BCUT2D eigenvalue weighted by Crippen LogP contribution is 2.16. The lowest BCUT2D eigenvalue weighted by molar-refractivity contribution is -0.120. The van der Waals surface area contributed by atoms with E-state index >= 15 is 0 Å². The van der Waals surface area contributed by atoms with Crippen LogP contribution in [-0.2, 0) is 11.8 Å². The molecule has 0 saturated carbocycles. The molecular formula is C20H28IN7O3. The third-order valence-electron chi connectivity index (χ3n) is 4.67. The molecule has 1 fully saturated rings. The molecule has 1 aromatic carbocycles. The first kappa shape index (κ1) is 24.4. The van der Waals surface area contributed by atoms with Crippen molar-refractivity contribution in [1.29, 1.82) is 0 Å². The molecule has 2 heterocycles. The minimum absolute atomic E-state index is 0. The molecule has 10 nitrogen and oxygen atoms in total. The van der Waals surface area contributed by atoms with E-state index in [9.17, 15) is 14.7 Å². The Morgan fingerprint density at radius 3 is 2.68 bits per heavy atom. The van der Waals surface area contributed by atoms with Crippen molar-refractivity contribution in [2.24, 2.45) is 12.0 Å². The maximum Gasteiger partial charge on any atom is 0.255 e. The van der Waals surface area contributed by atoms with Crippen molar-refractivity contribution in [3.8, 4) is 5.75 Å². The molecule has 31 heavy (non-hydrogen) atoms. The number of aliphatic imine (C=N–C) groups is 1. The van der Waals surface area contributed by atoms with Gasteiger partial charge in [0.05, 0.1) is 24.0 Å². The number of piperazine rings is 1. The third-order valence-corrected chi connectivity index (χ3v) is 4.67. The van der Waals surface area contributed by atoms with Gasteiger partial charge in [-0.15, -0.1) is 24.0 Å². The number of phenols is 1. The number of anilines is 1. The number of aromatic nitrogens is 2. The Morgan fingerprint density at radius 1 is 1.26 bits per heavy atom. The number of para-hydroxylation sites is 1. The van der Waals surface area contributed by atoms with Gasteiger partial charge in [-0.2, -0.15) is 5.10 Å². The van der Waals surface area contributed by atoms with Crippen LogP contribution in [0.4, 0.5) is 5.69 Å². The number of guanidine groups is 1. The number of carbonyl (C=O) groups excluding carboxylic acids is 2. The first-order valence-corrected chi connectivity index (χ1v) is 9.88. The minimum Gasteiger partial charge on any atom is -0.507 e. The lowest BCUT2D eigenvalue weighted by atomic mass is 10.2. The molecule has 1 aliphatic heterocycles. The molecule has 0 atom stereocenters. The first-order valence-electron chi connectivity index (χ1n) is 9.88. The summed E-state index contributed by atoms with van der Waals surface area (Å²) >= 11 is 0. The van der Waals surface area contributed by atoms with E-state index in [1.165, 1.54) is 6.07 Å². The molecule has 1 aromatic heterocycles. The maximum absolute atomic E-state index is 12.6. The van der Waals surface area contributed by atoms with Crippen molar-refractivity contribution in [2.45, 2.75) is 6.92 Å². The lowest BCUT2D eigenvalue weighted by Gasteiger charge is -2.35. The normalized spacial score (nSPS) is 14.3. The number of nitrogens with zero attached hydrogens (tertiary/aromatic N) is 5. The second-order valence-electron chi connectivity index (χ2n) is 6.85. The number of amides is 2. The van der Waals surface area contributed by atoms with E-state index in [0.29, 0.717) is 38.7 Å². The fourth-order valence-electron chi connectivity index (χ4n) is 3.19. The van der Waals surface area contributed by atoms with E-state index < -0.39 is 0 Å². The lowest BCUT2D eigenvalue weighted by Crippen LogP contribution is -2.55. The number of halogens is 1. The first-order chi connectivity index (χ1) is 14.5. The van der Waals surface area contributed by atoms with E-state index in [1.54, 1.807) is 34.0 Å². The summed E-state index contributed by atoms with van der Waals surface area (Å²) in [5.41, 5.74) is 1.02. The SMILES string of the molecule is CCNC(=NCCNC(=O)c1ccccc1O)N1CCN(c2cnn(C)c2)C(=O)C1.I. The van der Waals surface area contributed by atoms with Gasteiger partial charge >= 0.3 is 0 Å². The summed E-state index contributed by atoms with van der Waals surface area (Å²) in [4.78, 5) is 32.9. The molecule has 2 amide bonds. The average molecular weight is 541 g/mol. The largest absolute Gasteiger partial charge is 0.507 e. The summed E-state index contributed by atoms with van der Waals surface area (Å²) < 4.78 is 1.67. The molecule has 3 rings (SSSR count). The zero-order valence-electron chi connectivity index (χ0n) is 17.6. The zero-order valence-corrected chi connectivity index (χ0v) is 19.9. The van der Waals surface area contributed by atoms with Gasteiger partial charge in [0, 0.05) is 39.4 Å². The molecule has 168 valence electrons. The molecule has 1 aliphatic rings. The summed E-state index contributed by atoms with van der Waals surface area (Å²) in [7, 11) is 1.82. The van der Waals surface area contributed by atoms with Crippen LogP contribution in [-0.4, -0.2) is 76.8 Å². The smallest absolute Gasteiger partial charge is 0.255 e. The van der Waals surface area contributed by atoms with E-state index in [2.05, 4.69) is 20.7 Å². The summed E-state index contributed by atoms with van der Waals surface area (Å²) in [5, 5.41) is 19.8. The van der Waals surface area contributed by atoms with Crippen molar-refractivity contribution >= 4 is 47.4 Å². The second kappa shape index (κ2) is 11.5. The summed E-state index contributed by atoms with van der Waals surface area (Å²) in [6.45, 7) is 4.67. The Kier molecular flexibility index (Phi) is 9.09. The van der Waals surface area contributed by atoms with Crippen LogP contribution < -0.4 is 15.5 Å². The van der Waals surface area contributed by atoms with Gasteiger partial charge in [0.2, 0.25) is 5.91 Å². The van der Waals surface area contributed by atoms with Gasteiger partial charge in [0.25, 0.3) is 5.91 Å². The van der Waals surface area contributed by atoms with Crippen molar-refractivity contribution in [3.63, 3.8) is 0 Å². The van der Waals surface area contributed by atoms with Gasteiger partial charge < -0.3 is 25.5 Å². The molecule has 0 aliphatic carbocycles. The predicted molar refractivity (Wildman–Crippen MR) is 129 cm³/mol. The number of hydrogen-bond acceptors (Lipinski definition) is 5. The van der Waals surface area contributed by atoms with Crippen LogP contribution in [0.5, 0.6) is 5.75 Å². The van der Waals surface area contributed by atoms with Gasteiger partial charge in [-0.1, -0.05) is 12.1 Å². The molecule has 0 radical (unpaired) electrons. The fourth-order valence-corrected chi connectivity index (χ4v) is 3.19. The molecule has 11 heteroatoms. The number of nitrogens with one attached hydrogen (secondary N) is 2. The zero-order chi connectivity index (χ0) is 21.5. The van der Waals surface area contributed by atoms with Crippen molar-refractivity contribution in [1.82, 2.24) is 25.3 Å². The molecular weight excluding hydrogens is 513 g/mol. The molecule has 3 N–H and O–H groups in total. The van der Waals surface area contributed by atoms with Gasteiger partial charge in [-0.3, -0.25) is 19.3 Å². The van der Waals surface area contributed by atoms with E-state index in [4.69, 9.17) is 0 Å². The molecule has 1 saturated heterocycles. The van der Waals surface area contributed by atoms with Crippen molar-refractivity contribution in [3.05, 3.63) is 42.2 Å². The van der Waals surface area contributed by atoms with E-state index in [1.807, 2.05) is 25.1 Å². The predicted octanol–water partition coefficient (Wildman–Crippen LogP) is 0.788. The van der Waals surface area contributed by atoms with Gasteiger partial charge in [-0.25, -0.2) is 0 Å². The standard InChI is InChI=1S/C20H27N7O3.HI/c1-3-21-20(23-9-8-22-19(30)16-6-4-5-7-17(16)28)26-10-11-27(18(29)14-26)15-12-24-25(2)13-15;/h4-7,12-13,28H,3,8-11,14H2,1-2H3,(H,21,23)(H,22,30);1H. The van der Waals surface area contributed by atoms with Crippen LogP contribution in [0.2, 0.25) is 0 Å². The fraction of sp³-hybridized carbons (Fsp3) is 0.400. The van der Waals surface area contributed by atoms with Crippen LogP contribution in [0.1, 0.15) is 17.3 Å². The number of rotatable bonds is 6. The number of benzene rings is 1. The third kappa shape index (κ3) is 6.32. The Bertz CT molecular complexity index is 931. The number of aryl methyl sites for hydroxylation is 1. The topological polar surface area (TPSA) is 115 Å². The number of carbonyl (C=O) groups is 2. The van der Waals surface area contributed by atoms with Crippen LogP contribution >= 0.6 is 24.0 Å². The summed E-state index contributed by atoms with van der Waals surface area (Å²) in [5.74, 6) is 0.201. The van der Waals surface area contributed by atoms with E-state index in [-0.39, 0.29) is 53.6 Å². The Morgan fingerprint density at radius 2 is 2.03 bits per heavy atom. The Hall–Kier alpha value is -2.83. The second-order valence-corrected chi connectivity index (χ2v) is 6.85. The van der Waals surface area contributed by atoms with Gasteiger partial charge in [0.15, 0.2) is 5.96 Å². The highest BCUT2D eigenvalue weighted by molar-refractivity contribution is 14.0. The minimum atomic E-state index is -0.353. The molecule has 0 bridgehead atoms. The van der Waals surface area contributed by atoms with Gasteiger partial charge in [0.1, 0.15) is 12.3 Å². The van der Waals surface area contributed by atoms with Crippen LogP contribution in [0.25, 0.3) is 0 Å². The van der Waals surface area contributed by atoms with Gasteiger partial charge in [-0.05, 0) is 19.1 Å². The number of hydrogen-bond donors (Lipinski definition) is 3. The van der Waals surface area contributed by atoms with Crippen LogP contribution in [0.15, 0.2) is 41.7 Å². The summed E-state index contributed by atoms with van der Waals surface area (Å²) in [6, 6.07) is 6.39. The average Bonchev–Trinajstić information content (AvgIpc) is 3.16. The maximum atomic E-state index is 12.6. The van der Waals surface area contributed by atoms with Crippen molar-refractivity contribution < 1.29 is 14.7 Å². The molecule has 2 aromatic rings. The highest BCUT2D eigenvalue weighted by atomic mass is 127. The van der Waals surface area contributed by atoms with Crippen LogP contribution in [0.3, 0.4) is 0 Å². The van der Waals surface area contributed by atoms with E-state index in [0.717, 1.165) is 5.69 Å². The summed E-state index contributed by atoms with van der Waals surface area (Å²) in [6.07, 6.45) is 3.50. The molecule has 0 spiro atoms.